The van der Waals surface area contributed by atoms with Crippen LogP contribution >= 0.6 is 0 Å². The molecule has 14 heavy (non-hydrogen) atoms. The molecule has 0 N–H and O–H groups in total. The summed E-state index contributed by atoms with van der Waals surface area (Å²) < 4.78 is 0. The molecular weight excluding hydrogens is 170 g/mol. The van der Waals surface area contributed by atoms with Gasteiger partial charge in [-0.1, -0.05) is 38.1 Å². The van der Waals surface area contributed by atoms with Crippen LogP contribution < -0.4 is 0 Å². The van der Waals surface area contributed by atoms with Gasteiger partial charge in [-0.05, 0) is 31.0 Å². The Bertz CT molecular complexity index is 241. The van der Waals surface area contributed by atoms with Gasteiger partial charge in [0, 0.05) is 13.1 Å². The molecular formula is C13H21N. The Morgan fingerprint density at radius 1 is 0.929 bits per heavy atom. The zero-order valence-electron chi connectivity index (χ0n) is 9.59. The van der Waals surface area contributed by atoms with Crippen molar-refractivity contribution >= 4 is 0 Å². The maximum absolute atomic E-state index is 2.40. The third-order valence-corrected chi connectivity index (χ3v) is 2.64. The van der Waals surface area contributed by atoms with Crippen molar-refractivity contribution in [3.8, 4) is 0 Å². The Morgan fingerprint density at radius 2 is 1.36 bits per heavy atom. The van der Waals surface area contributed by atoms with Gasteiger partial charge < -0.3 is 4.90 Å². The summed E-state index contributed by atoms with van der Waals surface area (Å²) in [6.07, 6.45) is 2.43. The van der Waals surface area contributed by atoms with Crippen LogP contribution in [0.25, 0.3) is 0 Å². The van der Waals surface area contributed by atoms with Gasteiger partial charge in [0.1, 0.15) is 0 Å². The van der Waals surface area contributed by atoms with Crippen LogP contribution in [0.5, 0.6) is 0 Å². The molecule has 0 saturated carbocycles. The minimum atomic E-state index is 1.21. The number of benzene rings is 1. The molecule has 0 spiro atoms. The molecule has 1 aliphatic rings. The van der Waals surface area contributed by atoms with E-state index in [4.69, 9.17) is 0 Å². The van der Waals surface area contributed by atoms with E-state index in [9.17, 15) is 0 Å². The maximum Gasteiger partial charge on any atom is 0.00190 e. The van der Waals surface area contributed by atoms with E-state index in [1.807, 2.05) is 13.8 Å². The topological polar surface area (TPSA) is 3.24 Å². The van der Waals surface area contributed by atoms with Crippen LogP contribution in [0.15, 0.2) is 24.3 Å². The molecule has 0 saturated heterocycles. The number of hydrogen-bond donors (Lipinski definition) is 0. The second kappa shape index (κ2) is 5.82. The van der Waals surface area contributed by atoms with E-state index < -0.39 is 0 Å². The van der Waals surface area contributed by atoms with E-state index in [0.717, 1.165) is 0 Å². The van der Waals surface area contributed by atoms with Crippen LogP contribution in [0, 0.1) is 0 Å². The summed E-state index contributed by atoms with van der Waals surface area (Å²) in [5.41, 5.74) is 3.09. The lowest BCUT2D eigenvalue weighted by molar-refractivity contribution is 0.352. The van der Waals surface area contributed by atoms with Crippen molar-refractivity contribution in [3.63, 3.8) is 0 Å². The fourth-order valence-electron chi connectivity index (χ4n) is 1.78. The first-order valence-electron chi connectivity index (χ1n) is 5.61. The third-order valence-electron chi connectivity index (χ3n) is 2.64. The number of rotatable bonds is 0. The Balaban J connectivity index is 0.000000461. The van der Waals surface area contributed by atoms with E-state index in [1.54, 1.807) is 11.1 Å². The van der Waals surface area contributed by atoms with Gasteiger partial charge in [0.25, 0.3) is 0 Å². The standard InChI is InChI=1S/C11H15N.C2H6/c1-12-8-6-10-4-2-3-5-11(10)7-9-12;1-2/h2-5H,6-9H2,1H3;1-2H3. The van der Waals surface area contributed by atoms with Gasteiger partial charge in [-0.2, -0.15) is 0 Å². The molecule has 1 aliphatic heterocycles. The van der Waals surface area contributed by atoms with Gasteiger partial charge in [-0.25, -0.2) is 0 Å². The Kier molecular flexibility index (Phi) is 4.68. The lowest BCUT2D eigenvalue weighted by Crippen LogP contribution is -2.20. The molecule has 78 valence electrons. The normalized spacial score (nSPS) is 16.2. The summed E-state index contributed by atoms with van der Waals surface area (Å²) in [6, 6.07) is 8.80. The summed E-state index contributed by atoms with van der Waals surface area (Å²) in [6.45, 7) is 6.41. The third kappa shape index (κ3) is 2.85. The fraction of sp³-hybridized carbons (Fsp3) is 0.538. The van der Waals surface area contributed by atoms with E-state index in [-0.39, 0.29) is 0 Å². The van der Waals surface area contributed by atoms with Crippen molar-refractivity contribution in [2.75, 3.05) is 20.1 Å². The minimum absolute atomic E-state index is 1.21. The molecule has 0 atom stereocenters. The van der Waals surface area contributed by atoms with Crippen LogP contribution in [0.1, 0.15) is 25.0 Å². The number of fused-ring (bicyclic) bond motifs is 1. The van der Waals surface area contributed by atoms with Crippen LogP contribution in [0.3, 0.4) is 0 Å². The predicted octanol–water partition coefficient (Wildman–Crippen LogP) is 2.74. The van der Waals surface area contributed by atoms with E-state index >= 15 is 0 Å². The maximum atomic E-state index is 2.40. The van der Waals surface area contributed by atoms with E-state index in [1.165, 1.54) is 25.9 Å². The molecule has 1 aromatic rings. The van der Waals surface area contributed by atoms with E-state index in [0.29, 0.717) is 0 Å². The lowest BCUT2D eigenvalue weighted by Gasteiger charge is -2.10. The summed E-state index contributed by atoms with van der Waals surface area (Å²) in [7, 11) is 2.20. The number of hydrogen-bond acceptors (Lipinski definition) is 1. The van der Waals surface area contributed by atoms with Gasteiger partial charge in [0.05, 0.1) is 0 Å². The Labute approximate surface area is 87.7 Å². The smallest absolute Gasteiger partial charge is 0.00190 e. The first kappa shape index (κ1) is 11.3. The minimum Gasteiger partial charge on any atom is -0.306 e. The van der Waals surface area contributed by atoms with Crippen molar-refractivity contribution in [2.24, 2.45) is 0 Å². The Morgan fingerprint density at radius 3 is 1.79 bits per heavy atom. The quantitative estimate of drug-likeness (QED) is 0.609. The SMILES string of the molecule is CC.CN1CCc2ccccc2CC1. The molecule has 1 heteroatoms. The molecule has 0 radical (unpaired) electrons. The van der Waals surface area contributed by atoms with Gasteiger partial charge in [0.15, 0.2) is 0 Å². The molecule has 0 amide bonds. The van der Waals surface area contributed by atoms with Crippen molar-refractivity contribution in [1.82, 2.24) is 4.90 Å². The lowest BCUT2D eigenvalue weighted by atomic mass is 10.0. The summed E-state index contributed by atoms with van der Waals surface area (Å²) in [4.78, 5) is 2.40. The molecule has 0 aromatic heterocycles. The highest BCUT2D eigenvalue weighted by molar-refractivity contribution is 5.28. The first-order chi connectivity index (χ1) is 6.86. The van der Waals surface area contributed by atoms with Crippen molar-refractivity contribution in [1.29, 1.82) is 0 Å². The average Bonchev–Trinajstić information content (AvgIpc) is 2.45. The summed E-state index contributed by atoms with van der Waals surface area (Å²) in [5.74, 6) is 0. The van der Waals surface area contributed by atoms with Gasteiger partial charge >= 0.3 is 0 Å². The predicted molar refractivity (Wildman–Crippen MR) is 62.7 cm³/mol. The Hall–Kier alpha value is -0.820. The first-order valence-corrected chi connectivity index (χ1v) is 5.61. The molecule has 1 heterocycles. The number of likely N-dealkylation sites (N-methyl/N-ethyl adjacent to an activating group) is 1. The molecule has 2 rings (SSSR count). The molecule has 0 bridgehead atoms. The van der Waals surface area contributed by atoms with Gasteiger partial charge in [-0.3, -0.25) is 0 Å². The van der Waals surface area contributed by atoms with Crippen molar-refractivity contribution in [3.05, 3.63) is 35.4 Å². The highest BCUT2D eigenvalue weighted by Crippen LogP contribution is 2.14. The second-order valence-electron chi connectivity index (χ2n) is 3.57. The second-order valence-corrected chi connectivity index (χ2v) is 3.57. The molecule has 1 aromatic carbocycles. The largest absolute Gasteiger partial charge is 0.306 e. The van der Waals surface area contributed by atoms with Crippen LogP contribution in [0.4, 0.5) is 0 Å². The monoisotopic (exact) mass is 191 g/mol. The van der Waals surface area contributed by atoms with Crippen molar-refractivity contribution in [2.45, 2.75) is 26.7 Å². The van der Waals surface area contributed by atoms with Crippen molar-refractivity contribution < 1.29 is 0 Å². The zero-order valence-corrected chi connectivity index (χ0v) is 9.59. The number of nitrogens with zero attached hydrogens (tertiary/aromatic N) is 1. The fourth-order valence-corrected chi connectivity index (χ4v) is 1.78. The molecule has 1 nitrogen and oxygen atoms in total. The summed E-state index contributed by atoms with van der Waals surface area (Å²) in [5, 5.41) is 0. The van der Waals surface area contributed by atoms with Gasteiger partial charge in [0.2, 0.25) is 0 Å². The summed E-state index contributed by atoms with van der Waals surface area (Å²) >= 11 is 0. The van der Waals surface area contributed by atoms with Crippen LogP contribution in [0.2, 0.25) is 0 Å². The van der Waals surface area contributed by atoms with Crippen LogP contribution in [-0.2, 0) is 12.8 Å². The highest BCUT2D eigenvalue weighted by Gasteiger charge is 2.08. The van der Waals surface area contributed by atoms with Crippen LogP contribution in [-0.4, -0.2) is 25.0 Å². The molecule has 0 fully saturated rings. The average molecular weight is 191 g/mol. The van der Waals surface area contributed by atoms with E-state index in [2.05, 4.69) is 36.2 Å². The highest BCUT2D eigenvalue weighted by atomic mass is 15.1. The molecule has 0 aliphatic carbocycles. The zero-order chi connectivity index (χ0) is 10.4. The van der Waals surface area contributed by atoms with Gasteiger partial charge in [-0.15, -0.1) is 0 Å². The molecule has 0 unspecified atom stereocenters.